The maximum Gasteiger partial charge on any atom is 0.304 e. The van der Waals surface area contributed by atoms with E-state index in [0.717, 1.165) is 33.3 Å². The minimum absolute atomic E-state index is 0.0473. The summed E-state index contributed by atoms with van der Waals surface area (Å²) in [5.41, 5.74) is 5.12. The molecular formula is C23H19NO2. The van der Waals surface area contributed by atoms with Crippen molar-refractivity contribution in [1.29, 1.82) is 0 Å². The number of aliphatic carboxylic acids is 1. The van der Waals surface area contributed by atoms with E-state index >= 15 is 0 Å². The fourth-order valence-corrected chi connectivity index (χ4v) is 3.60. The minimum Gasteiger partial charge on any atom is -0.481 e. The lowest BCUT2D eigenvalue weighted by molar-refractivity contribution is -0.137. The summed E-state index contributed by atoms with van der Waals surface area (Å²) >= 11 is 0. The van der Waals surface area contributed by atoms with Crippen molar-refractivity contribution in [3.8, 4) is 11.3 Å². The Kier molecular flexibility index (Phi) is 4.28. The predicted octanol–water partition coefficient (Wildman–Crippen LogP) is 5.44. The summed E-state index contributed by atoms with van der Waals surface area (Å²) in [7, 11) is 0. The molecule has 0 aliphatic heterocycles. The summed E-state index contributed by atoms with van der Waals surface area (Å²) in [5, 5.41) is 10.6. The Bertz CT molecular complexity index is 1040. The Morgan fingerprint density at radius 2 is 1.46 bits per heavy atom. The Hall–Kier alpha value is -3.33. The summed E-state index contributed by atoms with van der Waals surface area (Å²) in [5.74, 6) is -1.02. The lowest BCUT2D eigenvalue weighted by Crippen LogP contribution is -2.08. The number of benzene rings is 3. The zero-order valence-corrected chi connectivity index (χ0v) is 14.2. The summed E-state index contributed by atoms with van der Waals surface area (Å²) in [6, 6.07) is 28.1. The highest BCUT2D eigenvalue weighted by atomic mass is 16.4. The van der Waals surface area contributed by atoms with Gasteiger partial charge in [-0.3, -0.25) is 4.79 Å². The van der Waals surface area contributed by atoms with E-state index in [2.05, 4.69) is 23.2 Å². The number of aromatic amines is 1. The van der Waals surface area contributed by atoms with Crippen molar-refractivity contribution in [3.05, 3.63) is 96.1 Å². The van der Waals surface area contributed by atoms with Crippen LogP contribution in [0.25, 0.3) is 22.2 Å². The molecule has 3 aromatic carbocycles. The van der Waals surface area contributed by atoms with E-state index in [1.54, 1.807) is 0 Å². The molecule has 0 aliphatic rings. The molecule has 128 valence electrons. The van der Waals surface area contributed by atoms with Crippen LogP contribution in [0.15, 0.2) is 84.9 Å². The molecule has 3 nitrogen and oxygen atoms in total. The van der Waals surface area contributed by atoms with E-state index in [0.29, 0.717) is 0 Å². The number of para-hydroxylation sites is 1. The lowest BCUT2D eigenvalue weighted by atomic mass is 9.85. The van der Waals surface area contributed by atoms with Gasteiger partial charge in [0.15, 0.2) is 0 Å². The van der Waals surface area contributed by atoms with Crippen molar-refractivity contribution in [2.75, 3.05) is 0 Å². The van der Waals surface area contributed by atoms with Crippen molar-refractivity contribution in [3.63, 3.8) is 0 Å². The first kappa shape index (κ1) is 16.2. The van der Waals surface area contributed by atoms with Crippen LogP contribution in [0.4, 0.5) is 0 Å². The third kappa shape index (κ3) is 3.00. The second-order valence-corrected chi connectivity index (χ2v) is 6.39. The van der Waals surface area contributed by atoms with Gasteiger partial charge in [0.2, 0.25) is 0 Å². The van der Waals surface area contributed by atoms with Crippen LogP contribution < -0.4 is 0 Å². The third-order valence-electron chi connectivity index (χ3n) is 4.74. The quantitative estimate of drug-likeness (QED) is 0.508. The SMILES string of the molecule is O=C(O)C[C@H](c1ccccc1)c1c(-c2ccccc2)[nH]c2ccccc12. The first-order valence-electron chi connectivity index (χ1n) is 8.67. The first-order valence-corrected chi connectivity index (χ1v) is 8.67. The molecular weight excluding hydrogens is 322 g/mol. The fourth-order valence-electron chi connectivity index (χ4n) is 3.60. The molecule has 26 heavy (non-hydrogen) atoms. The molecule has 0 bridgehead atoms. The Morgan fingerprint density at radius 3 is 2.15 bits per heavy atom. The van der Waals surface area contributed by atoms with Crippen LogP contribution in [0.3, 0.4) is 0 Å². The number of hydrogen-bond acceptors (Lipinski definition) is 1. The molecule has 1 heterocycles. The van der Waals surface area contributed by atoms with Crippen LogP contribution in [-0.2, 0) is 4.79 Å². The lowest BCUT2D eigenvalue weighted by Gasteiger charge is -2.18. The normalized spacial score (nSPS) is 12.2. The maximum atomic E-state index is 11.7. The number of nitrogens with one attached hydrogen (secondary N) is 1. The maximum absolute atomic E-state index is 11.7. The molecule has 4 aromatic rings. The van der Waals surface area contributed by atoms with Gasteiger partial charge >= 0.3 is 5.97 Å². The van der Waals surface area contributed by atoms with Gasteiger partial charge < -0.3 is 10.1 Å². The smallest absolute Gasteiger partial charge is 0.304 e. The van der Waals surface area contributed by atoms with Gasteiger partial charge in [-0.05, 0) is 22.8 Å². The number of carboxylic acids is 1. The van der Waals surface area contributed by atoms with E-state index in [1.165, 1.54) is 0 Å². The predicted molar refractivity (Wildman–Crippen MR) is 104 cm³/mol. The molecule has 0 saturated heterocycles. The second-order valence-electron chi connectivity index (χ2n) is 6.39. The Labute approximate surface area is 151 Å². The van der Waals surface area contributed by atoms with Crippen LogP contribution in [0.2, 0.25) is 0 Å². The van der Waals surface area contributed by atoms with Crippen molar-refractivity contribution in [2.45, 2.75) is 12.3 Å². The zero-order valence-electron chi connectivity index (χ0n) is 14.2. The zero-order chi connectivity index (χ0) is 17.9. The van der Waals surface area contributed by atoms with E-state index < -0.39 is 5.97 Å². The minimum atomic E-state index is -0.803. The van der Waals surface area contributed by atoms with Crippen LogP contribution >= 0.6 is 0 Å². The van der Waals surface area contributed by atoms with E-state index in [4.69, 9.17) is 0 Å². The fraction of sp³-hybridized carbons (Fsp3) is 0.0870. The highest BCUT2D eigenvalue weighted by molar-refractivity contribution is 5.92. The summed E-state index contributed by atoms with van der Waals surface area (Å²) in [6.07, 6.45) is 0.0473. The molecule has 0 unspecified atom stereocenters. The standard InChI is InChI=1S/C23H19NO2/c25-21(26)15-19(16-9-3-1-4-10-16)22-18-13-7-8-14-20(18)24-23(22)17-11-5-2-6-12-17/h1-14,19,24H,15H2,(H,25,26)/t19-/m1/s1. The van der Waals surface area contributed by atoms with Crippen molar-refractivity contribution >= 4 is 16.9 Å². The van der Waals surface area contributed by atoms with Crippen molar-refractivity contribution in [2.24, 2.45) is 0 Å². The molecule has 2 N–H and O–H groups in total. The van der Waals surface area contributed by atoms with Crippen LogP contribution in [0.1, 0.15) is 23.5 Å². The van der Waals surface area contributed by atoms with Gasteiger partial charge in [0.1, 0.15) is 0 Å². The van der Waals surface area contributed by atoms with Gasteiger partial charge in [-0.2, -0.15) is 0 Å². The van der Waals surface area contributed by atoms with Crippen LogP contribution in [0, 0.1) is 0 Å². The van der Waals surface area contributed by atoms with Gasteiger partial charge in [-0.25, -0.2) is 0 Å². The number of hydrogen-bond donors (Lipinski definition) is 2. The van der Waals surface area contributed by atoms with Gasteiger partial charge in [-0.15, -0.1) is 0 Å². The van der Waals surface area contributed by atoms with Gasteiger partial charge in [0.05, 0.1) is 12.1 Å². The largest absolute Gasteiger partial charge is 0.481 e. The second kappa shape index (κ2) is 6.89. The number of carbonyl (C=O) groups is 1. The Morgan fingerprint density at radius 1 is 0.846 bits per heavy atom. The highest BCUT2D eigenvalue weighted by Gasteiger charge is 2.25. The Balaban J connectivity index is 1.99. The van der Waals surface area contributed by atoms with Gasteiger partial charge in [0, 0.05) is 16.8 Å². The van der Waals surface area contributed by atoms with Crippen molar-refractivity contribution in [1.82, 2.24) is 4.98 Å². The molecule has 0 fully saturated rings. The average Bonchev–Trinajstić information content (AvgIpc) is 3.07. The molecule has 0 amide bonds. The van der Waals surface area contributed by atoms with Crippen LogP contribution in [-0.4, -0.2) is 16.1 Å². The molecule has 0 aliphatic carbocycles. The molecule has 1 aromatic heterocycles. The topological polar surface area (TPSA) is 53.1 Å². The number of fused-ring (bicyclic) bond motifs is 1. The van der Waals surface area contributed by atoms with Crippen molar-refractivity contribution < 1.29 is 9.90 Å². The number of carboxylic acid groups (broad SMARTS) is 1. The number of aromatic nitrogens is 1. The summed E-state index contributed by atoms with van der Waals surface area (Å²) in [4.78, 5) is 15.2. The molecule has 0 saturated carbocycles. The van der Waals surface area contributed by atoms with Crippen LogP contribution in [0.5, 0.6) is 0 Å². The number of rotatable bonds is 5. The van der Waals surface area contributed by atoms with Gasteiger partial charge in [-0.1, -0.05) is 78.9 Å². The summed E-state index contributed by atoms with van der Waals surface area (Å²) in [6.45, 7) is 0. The molecule has 0 radical (unpaired) electrons. The average molecular weight is 341 g/mol. The number of H-pyrrole nitrogens is 1. The molecule has 0 spiro atoms. The molecule has 3 heteroatoms. The summed E-state index contributed by atoms with van der Waals surface area (Å²) < 4.78 is 0. The molecule has 1 atom stereocenters. The first-order chi connectivity index (χ1) is 12.7. The monoisotopic (exact) mass is 341 g/mol. The van der Waals surface area contributed by atoms with Gasteiger partial charge in [0.25, 0.3) is 0 Å². The highest BCUT2D eigenvalue weighted by Crippen LogP contribution is 2.40. The van der Waals surface area contributed by atoms with E-state index in [-0.39, 0.29) is 12.3 Å². The van der Waals surface area contributed by atoms with E-state index in [9.17, 15) is 9.90 Å². The van der Waals surface area contributed by atoms with E-state index in [1.807, 2.05) is 66.7 Å². The molecule has 4 rings (SSSR count). The third-order valence-corrected chi connectivity index (χ3v) is 4.74.